The lowest BCUT2D eigenvalue weighted by Crippen LogP contribution is -2.28. The van der Waals surface area contributed by atoms with Crippen LogP contribution < -0.4 is 14.8 Å². The summed E-state index contributed by atoms with van der Waals surface area (Å²) in [6.45, 7) is 8.54. The number of hydrogen-bond acceptors (Lipinski definition) is 4. The summed E-state index contributed by atoms with van der Waals surface area (Å²) in [7, 11) is 1.71. The summed E-state index contributed by atoms with van der Waals surface area (Å²) in [4.78, 5) is 2.57. The van der Waals surface area contributed by atoms with E-state index < -0.39 is 0 Å². The van der Waals surface area contributed by atoms with Gasteiger partial charge in [-0.2, -0.15) is 0 Å². The molecule has 1 unspecified atom stereocenters. The Bertz CT molecular complexity index is 550. The second-order valence-electron chi connectivity index (χ2n) is 6.84. The van der Waals surface area contributed by atoms with Gasteiger partial charge >= 0.3 is 0 Å². The molecule has 1 atom stereocenters. The highest BCUT2D eigenvalue weighted by Crippen LogP contribution is 2.39. The number of ether oxygens (including phenoxy) is 2. The first-order valence-electron chi connectivity index (χ1n) is 8.58. The molecule has 0 aliphatic carbocycles. The molecule has 0 aromatic heterocycles. The lowest BCUT2D eigenvalue weighted by atomic mass is 9.86. The summed E-state index contributed by atoms with van der Waals surface area (Å²) < 4.78 is 12.3. The molecule has 2 aliphatic heterocycles. The molecule has 1 aromatic carbocycles. The molecule has 2 heterocycles. The van der Waals surface area contributed by atoms with E-state index in [-0.39, 0.29) is 12.4 Å². The number of rotatable bonds is 6. The van der Waals surface area contributed by atoms with Crippen molar-refractivity contribution in [3.8, 4) is 11.5 Å². The van der Waals surface area contributed by atoms with Crippen molar-refractivity contribution in [1.82, 2.24) is 10.2 Å². The second kappa shape index (κ2) is 8.75. The Morgan fingerprint density at radius 3 is 2.83 bits per heavy atom. The van der Waals surface area contributed by atoms with Gasteiger partial charge in [0.2, 0.25) is 0 Å². The lowest BCUT2D eigenvalue weighted by molar-refractivity contribution is 0.267. The van der Waals surface area contributed by atoms with Crippen molar-refractivity contribution in [3.63, 3.8) is 0 Å². The Balaban J connectivity index is 0.00000208. The van der Waals surface area contributed by atoms with Gasteiger partial charge in [0.25, 0.3) is 0 Å². The van der Waals surface area contributed by atoms with Crippen LogP contribution in [0.1, 0.15) is 31.7 Å². The maximum Gasteiger partial charge on any atom is 0.175 e. The van der Waals surface area contributed by atoms with E-state index in [0.717, 1.165) is 28.9 Å². The van der Waals surface area contributed by atoms with Crippen molar-refractivity contribution in [3.05, 3.63) is 22.2 Å². The average molecular weight is 420 g/mol. The van der Waals surface area contributed by atoms with E-state index >= 15 is 0 Å². The van der Waals surface area contributed by atoms with Crippen LogP contribution in [0.5, 0.6) is 11.5 Å². The fraction of sp³-hybridized carbons (Fsp3) is 0.667. The minimum absolute atomic E-state index is 0. The quantitative estimate of drug-likeness (QED) is 0.759. The van der Waals surface area contributed by atoms with E-state index in [9.17, 15) is 0 Å². The maximum absolute atomic E-state index is 5.82. The lowest BCUT2D eigenvalue weighted by Gasteiger charge is -2.23. The third-order valence-electron chi connectivity index (χ3n) is 5.00. The Morgan fingerprint density at radius 2 is 2.17 bits per heavy atom. The summed E-state index contributed by atoms with van der Waals surface area (Å²) in [5.41, 5.74) is 1.80. The van der Waals surface area contributed by atoms with Crippen molar-refractivity contribution in [2.24, 2.45) is 5.41 Å². The van der Waals surface area contributed by atoms with Crippen LogP contribution in [-0.2, 0) is 6.54 Å². The van der Waals surface area contributed by atoms with E-state index in [2.05, 4.69) is 45.2 Å². The normalized spacial score (nSPS) is 23.5. The number of hydrogen-bond donors (Lipinski definition) is 1. The topological polar surface area (TPSA) is 33.7 Å². The summed E-state index contributed by atoms with van der Waals surface area (Å²) >= 11 is 3.64. The van der Waals surface area contributed by atoms with Gasteiger partial charge in [0, 0.05) is 19.6 Å². The summed E-state index contributed by atoms with van der Waals surface area (Å²) in [5, 5.41) is 3.52. The van der Waals surface area contributed by atoms with E-state index in [1.54, 1.807) is 7.11 Å². The Morgan fingerprint density at radius 1 is 1.33 bits per heavy atom. The van der Waals surface area contributed by atoms with Gasteiger partial charge in [-0.15, -0.1) is 12.4 Å². The molecule has 1 N–H and O–H groups in total. The van der Waals surface area contributed by atoms with Crippen LogP contribution >= 0.6 is 28.3 Å². The average Bonchev–Trinajstić information content (AvgIpc) is 3.16. The number of methoxy groups -OCH3 is 1. The molecule has 3 rings (SSSR count). The van der Waals surface area contributed by atoms with Gasteiger partial charge in [0.05, 0.1) is 18.2 Å². The van der Waals surface area contributed by atoms with Crippen molar-refractivity contribution >= 4 is 28.3 Å². The largest absolute Gasteiger partial charge is 0.493 e. The number of benzene rings is 1. The third-order valence-corrected chi connectivity index (χ3v) is 5.58. The molecule has 2 saturated heterocycles. The standard InChI is InChI=1S/C18H27BrN2O2.ClH/c1-3-8-23-17-15(19)9-14(10-16(17)22-2)11-21-7-5-18(13-21)4-6-20-12-18;/h9-10,20H,3-8,11-13H2,1-2H3;1H. The van der Waals surface area contributed by atoms with Gasteiger partial charge in [-0.05, 0) is 71.4 Å². The van der Waals surface area contributed by atoms with E-state index in [0.29, 0.717) is 12.0 Å². The fourth-order valence-corrected chi connectivity index (χ4v) is 4.38. The van der Waals surface area contributed by atoms with Gasteiger partial charge in [0.1, 0.15) is 0 Å². The van der Waals surface area contributed by atoms with Crippen molar-refractivity contribution in [2.75, 3.05) is 39.9 Å². The monoisotopic (exact) mass is 418 g/mol. The number of halogens is 2. The SMILES string of the molecule is CCCOc1c(Br)cc(CN2CCC3(CCNC3)C2)cc1OC.Cl. The van der Waals surface area contributed by atoms with Gasteiger partial charge < -0.3 is 14.8 Å². The molecular weight excluding hydrogens is 392 g/mol. The molecule has 0 radical (unpaired) electrons. The van der Waals surface area contributed by atoms with Gasteiger partial charge in [-0.3, -0.25) is 4.90 Å². The van der Waals surface area contributed by atoms with Crippen LogP contribution in [0.3, 0.4) is 0 Å². The summed E-state index contributed by atoms with van der Waals surface area (Å²) in [5.74, 6) is 1.63. The van der Waals surface area contributed by atoms with Gasteiger partial charge in [0.15, 0.2) is 11.5 Å². The van der Waals surface area contributed by atoms with E-state index in [4.69, 9.17) is 9.47 Å². The fourth-order valence-electron chi connectivity index (χ4n) is 3.77. The van der Waals surface area contributed by atoms with Crippen molar-refractivity contribution in [1.29, 1.82) is 0 Å². The number of likely N-dealkylation sites (tertiary alicyclic amines) is 1. The molecule has 24 heavy (non-hydrogen) atoms. The van der Waals surface area contributed by atoms with Crippen LogP contribution in [-0.4, -0.2) is 44.8 Å². The first kappa shape index (κ1) is 19.8. The smallest absolute Gasteiger partial charge is 0.175 e. The first-order chi connectivity index (χ1) is 11.2. The van der Waals surface area contributed by atoms with Crippen molar-refractivity contribution < 1.29 is 9.47 Å². The van der Waals surface area contributed by atoms with E-state index in [1.807, 2.05) is 0 Å². The first-order valence-corrected chi connectivity index (χ1v) is 9.37. The molecule has 1 aromatic rings. The second-order valence-corrected chi connectivity index (χ2v) is 7.70. The highest BCUT2D eigenvalue weighted by molar-refractivity contribution is 9.10. The van der Waals surface area contributed by atoms with Crippen LogP contribution in [0.4, 0.5) is 0 Å². The van der Waals surface area contributed by atoms with Crippen LogP contribution in [0, 0.1) is 5.41 Å². The molecule has 0 saturated carbocycles. The van der Waals surface area contributed by atoms with Crippen LogP contribution in [0.2, 0.25) is 0 Å². The number of nitrogens with zero attached hydrogens (tertiary/aromatic N) is 1. The summed E-state index contributed by atoms with van der Waals surface area (Å²) in [6.07, 6.45) is 3.62. The minimum Gasteiger partial charge on any atom is -0.493 e. The zero-order valence-electron chi connectivity index (χ0n) is 14.6. The molecule has 4 nitrogen and oxygen atoms in total. The minimum atomic E-state index is 0. The predicted octanol–water partition coefficient (Wildman–Crippen LogP) is 3.85. The predicted molar refractivity (Wildman–Crippen MR) is 104 cm³/mol. The summed E-state index contributed by atoms with van der Waals surface area (Å²) in [6, 6.07) is 4.29. The third kappa shape index (κ3) is 4.37. The zero-order valence-corrected chi connectivity index (χ0v) is 17.0. The maximum atomic E-state index is 5.82. The Labute approximate surface area is 159 Å². The van der Waals surface area contributed by atoms with Crippen LogP contribution in [0.25, 0.3) is 0 Å². The van der Waals surface area contributed by atoms with Crippen molar-refractivity contribution in [2.45, 2.75) is 32.7 Å². The molecule has 0 amide bonds. The molecule has 2 aliphatic rings. The molecule has 6 heteroatoms. The van der Waals surface area contributed by atoms with Crippen LogP contribution in [0.15, 0.2) is 16.6 Å². The molecule has 2 fully saturated rings. The van der Waals surface area contributed by atoms with E-state index in [1.165, 1.54) is 44.6 Å². The molecule has 1 spiro atoms. The molecule has 136 valence electrons. The zero-order chi connectivity index (χ0) is 16.3. The highest BCUT2D eigenvalue weighted by atomic mass is 79.9. The van der Waals surface area contributed by atoms with Gasteiger partial charge in [-0.25, -0.2) is 0 Å². The Kier molecular flexibility index (Phi) is 7.23. The molecular formula is C18H28BrClN2O2. The molecule has 0 bridgehead atoms. The Hall–Kier alpha value is -0.490. The highest BCUT2D eigenvalue weighted by Gasteiger charge is 2.40. The van der Waals surface area contributed by atoms with Gasteiger partial charge in [-0.1, -0.05) is 6.92 Å². The number of nitrogens with one attached hydrogen (secondary N) is 1.